The summed E-state index contributed by atoms with van der Waals surface area (Å²) in [7, 11) is 0. The molecule has 1 rings (SSSR count). The van der Waals surface area contributed by atoms with Gasteiger partial charge in [-0.05, 0) is 44.1 Å². The molecule has 1 aromatic heterocycles. The zero-order chi connectivity index (χ0) is 13.7. The zero-order valence-electron chi connectivity index (χ0n) is 12.3. The van der Waals surface area contributed by atoms with Crippen molar-refractivity contribution in [2.75, 3.05) is 0 Å². The van der Waals surface area contributed by atoms with Gasteiger partial charge in [-0.3, -0.25) is 0 Å². The number of rotatable bonds is 6. The number of aryl methyl sites for hydroxylation is 2. The van der Waals surface area contributed by atoms with Crippen LogP contribution in [0.2, 0.25) is 0 Å². The molecule has 0 fully saturated rings. The van der Waals surface area contributed by atoms with Gasteiger partial charge in [-0.15, -0.1) is 0 Å². The Morgan fingerprint density at radius 2 is 1.83 bits per heavy atom. The van der Waals surface area contributed by atoms with Crippen LogP contribution >= 0.6 is 0 Å². The zero-order valence-corrected chi connectivity index (χ0v) is 12.3. The van der Waals surface area contributed by atoms with E-state index in [0.29, 0.717) is 11.8 Å². The van der Waals surface area contributed by atoms with E-state index in [2.05, 4.69) is 31.0 Å². The summed E-state index contributed by atoms with van der Waals surface area (Å²) in [6.45, 7) is 10.6. The van der Waals surface area contributed by atoms with Gasteiger partial charge < -0.3 is 5.11 Å². The van der Waals surface area contributed by atoms with Crippen LogP contribution in [0.25, 0.3) is 0 Å². The summed E-state index contributed by atoms with van der Waals surface area (Å²) in [6.07, 6.45) is 2.35. The van der Waals surface area contributed by atoms with E-state index in [1.165, 1.54) is 0 Å². The van der Waals surface area contributed by atoms with Crippen molar-refractivity contribution in [3.8, 4) is 0 Å². The van der Waals surface area contributed by atoms with E-state index in [4.69, 9.17) is 0 Å². The van der Waals surface area contributed by atoms with Gasteiger partial charge in [0.2, 0.25) is 0 Å². The first-order valence-electron chi connectivity index (χ1n) is 6.95. The number of aliphatic hydroxyl groups is 1. The van der Waals surface area contributed by atoms with Crippen molar-refractivity contribution in [1.82, 2.24) is 10.2 Å². The van der Waals surface area contributed by atoms with Crippen molar-refractivity contribution in [3.05, 3.63) is 23.0 Å². The molecule has 2 atom stereocenters. The van der Waals surface area contributed by atoms with Crippen LogP contribution in [-0.2, 0) is 6.42 Å². The Balaban J connectivity index is 2.76. The van der Waals surface area contributed by atoms with Crippen LogP contribution in [0.15, 0.2) is 6.07 Å². The second-order valence-corrected chi connectivity index (χ2v) is 5.73. The largest absolute Gasteiger partial charge is 0.388 e. The lowest BCUT2D eigenvalue weighted by atomic mass is 9.90. The van der Waals surface area contributed by atoms with Crippen LogP contribution < -0.4 is 0 Å². The SMILES string of the molecule is CCc1nnc(C)cc1C(O)CC(C)CC(C)C. The topological polar surface area (TPSA) is 46.0 Å². The molecule has 2 unspecified atom stereocenters. The summed E-state index contributed by atoms with van der Waals surface area (Å²) in [5.74, 6) is 1.20. The molecule has 18 heavy (non-hydrogen) atoms. The molecule has 0 aliphatic heterocycles. The average Bonchev–Trinajstić information content (AvgIpc) is 2.27. The summed E-state index contributed by atoms with van der Waals surface area (Å²) < 4.78 is 0. The van der Waals surface area contributed by atoms with Gasteiger partial charge in [-0.2, -0.15) is 10.2 Å². The third-order valence-corrected chi connectivity index (χ3v) is 3.22. The minimum Gasteiger partial charge on any atom is -0.388 e. The van der Waals surface area contributed by atoms with E-state index in [9.17, 15) is 5.11 Å². The smallest absolute Gasteiger partial charge is 0.0811 e. The molecule has 0 aromatic carbocycles. The Morgan fingerprint density at radius 3 is 2.39 bits per heavy atom. The number of aliphatic hydroxyl groups excluding tert-OH is 1. The van der Waals surface area contributed by atoms with E-state index >= 15 is 0 Å². The summed E-state index contributed by atoms with van der Waals surface area (Å²) in [5.41, 5.74) is 2.75. The molecule has 0 bridgehead atoms. The Hall–Kier alpha value is -0.960. The van der Waals surface area contributed by atoms with Gasteiger partial charge >= 0.3 is 0 Å². The highest BCUT2D eigenvalue weighted by atomic mass is 16.3. The number of nitrogens with zero attached hydrogens (tertiary/aromatic N) is 2. The molecule has 0 amide bonds. The molecular formula is C15H26N2O. The summed E-state index contributed by atoms with van der Waals surface area (Å²) in [4.78, 5) is 0. The van der Waals surface area contributed by atoms with E-state index in [1.54, 1.807) is 0 Å². The van der Waals surface area contributed by atoms with Crippen molar-refractivity contribution >= 4 is 0 Å². The first kappa shape index (κ1) is 15.1. The van der Waals surface area contributed by atoms with Crippen molar-refractivity contribution < 1.29 is 5.11 Å². The molecule has 0 aliphatic carbocycles. The molecule has 102 valence electrons. The van der Waals surface area contributed by atoms with Crippen molar-refractivity contribution in [2.24, 2.45) is 11.8 Å². The van der Waals surface area contributed by atoms with Gasteiger partial charge in [0.25, 0.3) is 0 Å². The van der Waals surface area contributed by atoms with Crippen LogP contribution in [0.1, 0.15) is 63.6 Å². The fraction of sp³-hybridized carbons (Fsp3) is 0.733. The van der Waals surface area contributed by atoms with E-state index in [1.807, 2.05) is 19.9 Å². The molecule has 3 heteroatoms. The summed E-state index contributed by atoms with van der Waals surface area (Å²) in [5, 5.41) is 18.6. The lowest BCUT2D eigenvalue weighted by molar-refractivity contribution is 0.140. The highest BCUT2D eigenvalue weighted by Gasteiger charge is 2.17. The maximum Gasteiger partial charge on any atom is 0.0811 e. The predicted molar refractivity (Wildman–Crippen MR) is 74.3 cm³/mol. The standard InChI is InChI=1S/C15H26N2O/c1-6-14-13(9-12(5)16-17-14)15(18)8-11(4)7-10(2)3/h9-11,15,18H,6-8H2,1-5H3. The van der Waals surface area contributed by atoms with Gasteiger partial charge in [0.15, 0.2) is 0 Å². The molecular weight excluding hydrogens is 224 g/mol. The van der Waals surface area contributed by atoms with E-state index in [-0.39, 0.29) is 0 Å². The lowest BCUT2D eigenvalue weighted by Gasteiger charge is -2.19. The fourth-order valence-corrected chi connectivity index (χ4v) is 2.51. The molecule has 1 N–H and O–H groups in total. The summed E-state index contributed by atoms with van der Waals surface area (Å²) >= 11 is 0. The quantitative estimate of drug-likeness (QED) is 0.841. The Labute approximate surface area is 111 Å². The second kappa shape index (κ2) is 6.83. The highest BCUT2D eigenvalue weighted by molar-refractivity contribution is 5.23. The van der Waals surface area contributed by atoms with Gasteiger partial charge in [0.1, 0.15) is 0 Å². The molecule has 0 saturated heterocycles. The molecule has 0 aliphatic rings. The molecule has 0 spiro atoms. The maximum atomic E-state index is 10.4. The minimum absolute atomic E-state index is 0.414. The highest BCUT2D eigenvalue weighted by Crippen LogP contribution is 2.27. The third-order valence-electron chi connectivity index (χ3n) is 3.22. The van der Waals surface area contributed by atoms with Crippen LogP contribution in [0.5, 0.6) is 0 Å². The maximum absolute atomic E-state index is 10.4. The Kier molecular flexibility index (Phi) is 5.73. The molecule has 1 aromatic rings. The average molecular weight is 250 g/mol. The number of hydrogen-bond acceptors (Lipinski definition) is 3. The van der Waals surface area contributed by atoms with Crippen LogP contribution in [0, 0.1) is 18.8 Å². The van der Waals surface area contributed by atoms with Crippen LogP contribution in [-0.4, -0.2) is 15.3 Å². The van der Waals surface area contributed by atoms with Gasteiger partial charge in [0.05, 0.1) is 17.5 Å². The van der Waals surface area contributed by atoms with Gasteiger partial charge in [-0.1, -0.05) is 27.7 Å². The summed E-state index contributed by atoms with van der Waals surface area (Å²) in [6, 6.07) is 1.97. The second-order valence-electron chi connectivity index (χ2n) is 5.73. The lowest BCUT2D eigenvalue weighted by Crippen LogP contribution is -2.11. The van der Waals surface area contributed by atoms with Crippen molar-refractivity contribution in [3.63, 3.8) is 0 Å². The molecule has 0 radical (unpaired) electrons. The molecule has 1 heterocycles. The Bertz CT molecular complexity index is 377. The molecule has 3 nitrogen and oxygen atoms in total. The minimum atomic E-state index is -0.414. The number of aromatic nitrogens is 2. The monoisotopic (exact) mass is 250 g/mol. The third kappa shape index (κ3) is 4.37. The van der Waals surface area contributed by atoms with E-state index in [0.717, 1.165) is 36.2 Å². The van der Waals surface area contributed by atoms with Crippen LogP contribution in [0.3, 0.4) is 0 Å². The van der Waals surface area contributed by atoms with Gasteiger partial charge in [0, 0.05) is 5.56 Å². The van der Waals surface area contributed by atoms with Crippen molar-refractivity contribution in [1.29, 1.82) is 0 Å². The predicted octanol–water partition coefficient (Wildman–Crippen LogP) is 3.45. The normalized spacial score (nSPS) is 14.8. The van der Waals surface area contributed by atoms with E-state index < -0.39 is 6.10 Å². The van der Waals surface area contributed by atoms with Gasteiger partial charge in [-0.25, -0.2) is 0 Å². The first-order valence-corrected chi connectivity index (χ1v) is 6.95. The Morgan fingerprint density at radius 1 is 1.17 bits per heavy atom. The fourth-order valence-electron chi connectivity index (χ4n) is 2.51. The number of hydrogen-bond donors (Lipinski definition) is 1. The molecule has 0 saturated carbocycles. The first-order chi connectivity index (χ1) is 8.43. The van der Waals surface area contributed by atoms with Crippen LogP contribution in [0.4, 0.5) is 0 Å². The van der Waals surface area contributed by atoms with Crippen molar-refractivity contribution in [2.45, 2.75) is 60.0 Å².